The highest BCUT2D eigenvalue weighted by Crippen LogP contribution is 2.22. The van der Waals surface area contributed by atoms with E-state index in [1.807, 2.05) is 0 Å². The van der Waals surface area contributed by atoms with Gasteiger partial charge in [-0.05, 0) is 24.3 Å². The Morgan fingerprint density at radius 2 is 1.87 bits per heavy atom. The van der Waals surface area contributed by atoms with Crippen LogP contribution in [0.5, 0.6) is 5.75 Å². The number of amides is 2. The van der Waals surface area contributed by atoms with Crippen LogP contribution in [0.25, 0.3) is 0 Å². The first-order chi connectivity index (χ1) is 10.9. The predicted molar refractivity (Wildman–Crippen MR) is 82.5 cm³/mol. The number of phenols is 1. The molecule has 23 heavy (non-hydrogen) atoms. The lowest BCUT2D eigenvalue weighted by Crippen LogP contribution is -2.18. The maximum absolute atomic E-state index is 12.1. The molecule has 0 atom stereocenters. The Kier molecular flexibility index (Phi) is 4.55. The number of nitrogens with one attached hydrogen (secondary N) is 2. The molecule has 8 heteroatoms. The van der Waals surface area contributed by atoms with Gasteiger partial charge in [0, 0.05) is 30.4 Å². The van der Waals surface area contributed by atoms with Crippen molar-refractivity contribution >= 4 is 23.2 Å². The molecule has 0 fully saturated rings. The Labute approximate surface area is 130 Å². The second kappa shape index (κ2) is 6.56. The van der Waals surface area contributed by atoms with E-state index in [1.165, 1.54) is 43.4 Å². The topological polar surface area (TPSA) is 122 Å². The van der Waals surface area contributed by atoms with Gasteiger partial charge >= 0.3 is 0 Å². The number of nitro groups is 1. The van der Waals surface area contributed by atoms with Crippen LogP contribution >= 0.6 is 0 Å². The molecule has 0 saturated heterocycles. The van der Waals surface area contributed by atoms with E-state index >= 15 is 0 Å². The molecular formula is C15H13N3O5. The van der Waals surface area contributed by atoms with Gasteiger partial charge in [0.15, 0.2) is 0 Å². The number of rotatable bonds is 4. The lowest BCUT2D eigenvalue weighted by Gasteiger charge is -2.08. The molecule has 0 spiro atoms. The highest BCUT2D eigenvalue weighted by atomic mass is 16.6. The molecule has 2 aromatic carbocycles. The van der Waals surface area contributed by atoms with Gasteiger partial charge in [0.05, 0.1) is 10.5 Å². The largest absolute Gasteiger partial charge is 0.507 e. The zero-order chi connectivity index (χ0) is 17.0. The maximum atomic E-state index is 12.1. The molecule has 0 radical (unpaired) electrons. The standard InChI is InChI=1S/C15H13N3O5/c1-16-15(21)12-8-10(5-6-13(12)19)17-14(20)9-3-2-4-11(7-9)18(22)23/h2-8,19H,1H3,(H,16,21)(H,17,20). The number of nitrogens with zero attached hydrogens (tertiary/aromatic N) is 1. The van der Waals surface area contributed by atoms with E-state index in [0.29, 0.717) is 0 Å². The van der Waals surface area contributed by atoms with Crippen molar-refractivity contribution in [3.8, 4) is 5.75 Å². The van der Waals surface area contributed by atoms with Crippen LogP contribution in [-0.2, 0) is 0 Å². The molecule has 2 amide bonds. The van der Waals surface area contributed by atoms with E-state index in [4.69, 9.17) is 0 Å². The van der Waals surface area contributed by atoms with Crippen LogP contribution in [0.4, 0.5) is 11.4 Å². The minimum absolute atomic E-state index is 0.00402. The Hall–Kier alpha value is -3.42. The molecule has 8 nitrogen and oxygen atoms in total. The number of carbonyl (C=O) groups excluding carboxylic acids is 2. The molecule has 0 bridgehead atoms. The normalized spacial score (nSPS) is 9.96. The molecule has 0 aliphatic heterocycles. The highest BCUT2D eigenvalue weighted by Gasteiger charge is 2.14. The van der Waals surface area contributed by atoms with Crippen LogP contribution in [-0.4, -0.2) is 28.9 Å². The lowest BCUT2D eigenvalue weighted by atomic mass is 10.1. The van der Waals surface area contributed by atoms with Gasteiger partial charge in [0.25, 0.3) is 17.5 Å². The third-order valence-corrected chi connectivity index (χ3v) is 3.05. The summed E-state index contributed by atoms with van der Waals surface area (Å²) < 4.78 is 0. The average Bonchev–Trinajstić information content (AvgIpc) is 2.55. The number of carbonyl (C=O) groups is 2. The summed E-state index contributed by atoms with van der Waals surface area (Å²) >= 11 is 0. The van der Waals surface area contributed by atoms with Crippen LogP contribution in [0.3, 0.4) is 0 Å². The summed E-state index contributed by atoms with van der Waals surface area (Å²) in [4.78, 5) is 33.9. The number of non-ortho nitro benzene ring substituents is 1. The summed E-state index contributed by atoms with van der Waals surface area (Å²) in [7, 11) is 1.41. The second-order valence-corrected chi connectivity index (χ2v) is 4.57. The highest BCUT2D eigenvalue weighted by molar-refractivity contribution is 6.05. The molecule has 2 aromatic rings. The van der Waals surface area contributed by atoms with Gasteiger partial charge in [-0.25, -0.2) is 0 Å². The fourth-order valence-electron chi connectivity index (χ4n) is 1.89. The minimum atomic E-state index is -0.596. The predicted octanol–water partition coefficient (Wildman–Crippen LogP) is 1.91. The van der Waals surface area contributed by atoms with E-state index < -0.39 is 16.7 Å². The lowest BCUT2D eigenvalue weighted by molar-refractivity contribution is -0.384. The number of aromatic hydroxyl groups is 1. The maximum Gasteiger partial charge on any atom is 0.270 e. The van der Waals surface area contributed by atoms with Gasteiger partial charge in [0.2, 0.25) is 0 Å². The summed E-state index contributed by atoms with van der Waals surface area (Å²) in [5.74, 6) is -1.30. The minimum Gasteiger partial charge on any atom is -0.507 e. The number of phenolic OH excluding ortho intramolecular Hbond substituents is 1. The first kappa shape index (κ1) is 16.0. The summed E-state index contributed by atoms with van der Waals surface area (Å²) in [6.45, 7) is 0. The molecule has 0 saturated carbocycles. The fraction of sp³-hybridized carbons (Fsp3) is 0.0667. The van der Waals surface area contributed by atoms with E-state index in [-0.39, 0.29) is 28.3 Å². The van der Waals surface area contributed by atoms with Gasteiger partial charge in [0.1, 0.15) is 5.75 Å². The van der Waals surface area contributed by atoms with Crippen molar-refractivity contribution in [1.82, 2.24) is 5.32 Å². The number of hydrogen-bond donors (Lipinski definition) is 3. The Bertz CT molecular complexity index is 788. The zero-order valence-corrected chi connectivity index (χ0v) is 12.1. The molecule has 0 aliphatic carbocycles. The van der Waals surface area contributed by atoms with E-state index in [9.17, 15) is 24.8 Å². The first-order valence-corrected chi connectivity index (χ1v) is 6.53. The number of benzene rings is 2. The Balaban J connectivity index is 2.25. The molecule has 0 aromatic heterocycles. The van der Waals surface area contributed by atoms with Gasteiger partial charge in [-0.2, -0.15) is 0 Å². The zero-order valence-electron chi connectivity index (χ0n) is 12.1. The summed E-state index contributed by atoms with van der Waals surface area (Å²) in [6.07, 6.45) is 0. The van der Waals surface area contributed by atoms with E-state index in [0.717, 1.165) is 6.07 Å². The first-order valence-electron chi connectivity index (χ1n) is 6.53. The smallest absolute Gasteiger partial charge is 0.270 e. The summed E-state index contributed by atoms with van der Waals surface area (Å²) in [5, 5.41) is 25.2. The van der Waals surface area contributed by atoms with E-state index in [1.54, 1.807) is 0 Å². The van der Waals surface area contributed by atoms with Crippen molar-refractivity contribution in [2.45, 2.75) is 0 Å². The summed E-state index contributed by atoms with van der Waals surface area (Å²) in [5.41, 5.74) is 0.186. The third-order valence-electron chi connectivity index (χ3n) is 3.05. The molecule has 0 aliphatic rings. The van der Waals surface area contributed by atoms with Gasteiger partial charge < -0.3 is 15.7 Å². The Morgan fingerprint density at radius 3 is 2.52 bits per heavy atom. The average molecular weight is 315 g/mol. The Morgan fingerprint density at radius 1 is 1.13 bits per heavy atom. The van der Waals surface area contributed by atoms with Crippen LogP contribution in [0.15, 0.2) is 42.5 Å². The SMILES string of the molecule is CNC(=O)c1cc(NC(=O)c2cccc([N+](=O)[O-])c2)ccc1O. The van der Waals surface area contributed by atoms with Gasteiger partial charge in [-0.3, -0.25) is 19.7 Å². The molecule has 118 valence electrons. The van der Waals surface area contributed by atoms with Crippen molar-refractivity contribution < 1.29 is 19.6 Å². The van der Waals surface area contributed by atoms with Crippen molar-refractivity contribution in [2.75, 3.05) is 12.4 Å². The number of hydrogen-bond acceptors (Lipinski definition) is 5. The van der Waals surface area contributed by atoms with E-state index in [2.05, 4.69) is 10.6 Å². The van der Waals surface area contributed by atoms with Crippen LogP contribution < -0.4 is 10.6 Å². The summed E-state index contributed by atoms with van der Waals surface area (Å²) in [6, 6.07) is 9.26. The quantitative estimate of drug-likeness (QED) is 0.452. The number of nitro benzene ring substituents is 1. The van der Waals surface area contributed by atoms with Crippen LogP contribution in [0.2, 0.25) is 0 Å². The monoisotopic (exact) mass is 315 g/mol. The second-order valence-electron chi connectivity index (χ2n) is 4.57. The number of anilines is 1. The molecule has 3 N–H and O–H groups in total. The van der Waals surface area contributed by atoms with Crippen LogP contribution in [0.1, 0.15) is 20.7 Å². The molecule has 0 heterocycles. The van der Waals surface area contributed by atoms with Crippen molar-refractivity contribution in [3.63, 3.8) is 0 Å². The molecular weight excluding hydrogens is 302 g/mol. The van der Waals surface area contributed by atoms with Gasteiger partial charge in [-0.1, -0.05) is 6.07 Å². The van der Waals surface area contributed by atoms with Crippen molar-refractivity contribution in [1.29, 1.82) is 0 Å². The van der Waals surface area contributed by atoms with Crippen LogP contribution in [0, 0.1) is 10.1 Å². The van der Waals surface area contributed by atoms with Crippen molar-refractivity contribution in [2.24, 2.45) is 0 Å². The molecule has 0 unspecified atom stereocenters. The van der Waals surface area contributed by atoms with Gasteiger partial charge in [-0.15, -0.1) is 0 Å². The fourth-order valence-corrected chi connectivity index (χ4v) is 1.89. The molecule has 2 rings (SSSR count). The van der Waals surface area contributed by atoms with Crippen molar-refractivity contribution in [3.05, 3.63) is 63.7 Å². The third kappa shape index (κ3) is 3.62.